The molecular weight excluding hydrogens is 334 g/mol. The van der Waals surface area contributed by atoms with Crippen LogP contribution in [0.3, 0.4) is 0 Å². The van der Waals surface area contributed by atoms with Gasteiger partial charge in [-0.05, 0) is 62.3 Å². The summed E-state index contributed by atoms with van der Waals surface area (Å²) in [7, 11) is 2.21. The van der Waals surface area contributed by atoms with Crippen molar-refractivity contribution in [3.05, 3.63) is 65.2 Å². The molecule has 5 nitrogen and oxygen atoms in total. The molecule has 0 atom stereocenters. The maximum atomic E-state index is 6.01. The lowest BCUT2D eigenvalue weighted by molar-refractivity contribution is 0.269. The monoisotopic (exact) mass is 365 g/mol. The molecule has 0 aromatic heterocycles. The highest BCUT2D eigenvalue weighted by atomic mass is 15.2. The summed E-state index contributed by atoms with van der Waals surface area (Å²) >= 11 is 0. The number of aryl methyl sites for hydroxylation is 1. The second kappa shape index (κ2) is 9.53. The first-order valence-corrected chi connectivity index (χ1v) is 9.71. The molecule has 144 valence electrons. The highest BCUT2D eigenvalue weighted by Gasteiger charge is 2.12. The number of rotatable bonds is 5. The number of aliphatic imine (C=N–C) groups is 1. The van der Waals surface area contributed by atoms with Crippen LogP contribution in [-0.4, -0.2) is 49.0 Å². The number of nitrogens with zero attached hydrogens (tertiary/aromatic N) is 3. The fourth-order valence-corrected chi connectivity index (χ4v) is 3.35. The maximum Gasteiger partial charge on any atom is 0.193 e. The predicted molar refractivity (Wildman–Crippen MR) is 114 cm³/mol. The fourth-order valence-electron chi connectivity index (χ4n) is 3.35. The molecular formula is C22H31N5. The van der Waals surface area contributed by atoms with E-state index in [1.165, 1.54) is 36.2 Å². The SMILES string of the molecule is Cc1cccc(NC(N)=NCc2ccc(CN3CCCN(C)CC3)cc2)c1. The number of nitrogens with two attached hydrogens (primary N) is 1. The van der Waals surface area contributed by atoms with E-state index in [2.05, 4.69) is 70.5 Å². The number of hydrogen-bond acceptors (Lipinski definition) is 3. The van der Waals surface area contributed by atoms with Crippen LogP contribution in [0.4, 0.5) is 5.69 Å². The molecule has 0 bridgehead atoms. The Kier molecular flexibility index (Phi) is 6.85. The van der Waals surface area contributed by atoms with Crippen molar-refractivity contribution in [2.24, 2.45) is 10.7 Å². The third-order valence-corrected chi connectivity index (χ3v) is 4.96. The second-order valence-electron chi connectivity index (χ2n) is 7.45. The van der Waals surface area contributed by atoms with Crippen LogP contribution in [0, 0.1) is 6.92 Å². The van der Waals surface area contributed by atoms with Crippen LogP contribution in [0.5, 0.6) is 0 Å². The summed E-state index contributed by atoms with van der Waals surface area (Å²) in [5, 5.41) is 3.15. The molecule has 0 amide bonds. The van der Waals surface area contributed by atoms with E-state index < -0.39 is 0 Å². The zero-order valence-corrected chi connectivity index (χ0v) is 16.5. The van der Waals surface area contributed by atoms with Crippen LogP contribution in [0.1, 0.15) is 23.1 Å². The number of benzene rings is 2. The first-order valence-electron chi connectivity index (χ1n) is 9.71. The third kappa shape index (κ3) is 6.38. The molecule has 27 heavy (non-hydrogen) atoms. The Hall–Kier alpha value is -2.37. The van der Waals surface area contributed by atoms with Gasteiger partial charge in [0.25, 0.3) is 0 Å². The topological polar surface area (TPSA) is 56.9 Å². The van der Waals surface area contributed by atoms with Gasteiger partial charge in [-0.25, -0.2) is 4.99 Å². The molecule has 0 saturated carbocycles. The number of hydrogen-bond donors (Lipinski definition) is 2. The lowest BCUT2D eigenvalue weighted by atomic mass is 10.1. The van der Waals surface area contributed by atoms with Gasteiger partial charge in [0.05, 0.1) is 6.54 Å². The molecule has 5 heteroatoms. The minimum absolute atomic E-state index is 0.443. The first-order chi connectivity index (χ1) is 13.1. The number of likely N-dealkylation sites (N-methyl/N-ethyl adjacent to an activating group) is 1. The van der Waals surface area contributed by atoms with Crippen LogP contribution >= 0.6 is 0 Å². The average molecular weight is 366 g/mol. The highest BCUT2D eigenvalue weighted by Crippen LogP contribution is 2.12. The Morgan fingerprint density at radius 1 is 1.04 bits per heavy atom. The molecule has 1 heterocycles. The van der Waals surface area contributed by atoms with Crippen LogP contribution in [0.15, 0.2) is 53.5 Å². The lowest BCUT2D eigenvalue weighted by Gasteiger charge is -2.20. The predicted octanol–water partition coefficient (Wildman–Crippen LogP) is 3.06. The largest absolute Gasteiger partial charge is 0.370 e. The van der Waals surface area contributed by atoms with E-state index in [1.807, 2.05) is 12.1 Å². The number of anilines is 1. The Bertz CT molecular complexity index is 754. The van der Waals surface area contributed by atoms with Crippen molar-refractivity contribution in [2.45, 2.75) is 26.4 Å². The van der Waals surface area contributed by atoms with Crippen molar-refractivity contribution in [1.82, 2.24) is 9.80 Å². The molecule has 0 spiro atoms. The van der Waals surface area contributed by atoms with Gasteiger partial charge >= 0.3 is 0 Å². The normalized spacial score (nSPS) is 16.9. The highest BCUT2D eigenvalue weighted by molar-refractivity contribution is 5.92. The molecule has 1 aliphatic rings. The summed E-state index contributed by atoms with van der Waals surface area (Å²) in [6.45, 7) is 8.34. The average Bonchev–Trinajstić information content (AvgIpc) is 2.85. The van der Waals surface area contributed by atoms with Gasteiger partial charge in [-0.2, -0.15) is 0 Å². The minimum atomic E-state index is 0.443. The Balaban J connectivity index is 1.51. The van der Waals surface area contributed by atoms with Crippen molar-refractivity contribution in [1.29, 1.82) is 0 Å². The van der Waals surface area contributed by atoms with Gasteiger partial charge in [0.2, 0.25) is 0 Å². The molecule has 0 unspecified atom stereocenters. The van der Waals surface area contributed by atoms with Crippen molar-refractivity contribution in [3.8, 4) is 0 Å². The third-order valence-electron chi connectivity index (χ3n) is 4.96. The smallest absolute Gasteiger partial charge is 0.193 e. The zero-order chi connectivity index (χ0) is 19.1. The minimum Gasteiger partial charge on any atom is -0.370 e. The summed E-state index contributed by atoms with van der Waals surface area (Å²) in [5.41, 5.74) is 10.7. The molecule has 3 rings (SSSR count). The standard InChI is InChI=1S/C22H31N5/c1-18-5-3-6-21(15-18)25-22(23)24-16-19-7-9-20(10-8-19)17-27-12-4-11-26(2)13-14-27/h3,5-10,15H,4,11-14,16-17H2,1-2H3,(H3,23,24,25). The Morgan fingerprint density at radius 2 is 1.81 bits per heavy atom. The van der Waals surface area contributed by atoms with Crippen LogP contribution in [-0.2, 0) is 13.1 Å². The van der Waals surface area contributed by atoms with E-state index >= 15 is 0 Å². The molecule has 0 aliphatic carbocycles. The fraction of sp³-hybridized carbons (Fsp3) is 0.409. The Labute approximate surface area is 162 Å². The first kappa shape index (κ1) is 19.4. The summed E-state index contributed by atoms with van der Waals surface area (Å²) in [4.78, 5) is 9.41. The van der Waals surface area contributed by atoms with Gasteiger partial charge < -0.3 is 16.0 Å². The van der Waals surface area contributed by atoms with Gasteiger partial charge in [-0.1, -0.05) is 36.4 Å². The van der Waals surface area contributed by atoms with E-state index in [0.29, 0.717) is 12.5 Å². The van der Waals surface area contributed by atoms with E-state index in [1.54, 1.807) is 0 Å². The van der Waals surface area contributed by atoms with E-state index in [4.69, 9.17) is 5.73 Å². The van der Waals surface area contributed by atoms with Crippen LogP contribution < -0.4 is 11.1 Å². The molecule has 0 radical (unpaired) electrons. The second-order valence-corrected chi connectivity index (χ2v) is 7.45. The van der Waals surface area contributed by atoms with Crippen LogP contribution in [0.2, 0.25) is 0 Å². The molecule has 1 fully saturated rings. The summed E-state index contributed by atoms with van der Waals surface area (Å²) < 4.78 is 0. The van der Waals surface area contributed by atoms with E-state index in [9.17, 15) is 0 Å². The van der Waals surface area contributed by atoms with Crippen molar-refractivity contribution >= 4 is 11.6 Å². The van der Waals surface area contributed by atoms with Crippen molar-refractivity contribution < 1.29 is 0 Å². The van der Waals surface area contributed by atoms with E-state index in [-0.39, 0.29) is 0 Å². The number of nitrogens with one attached hydrogen (secondary N) is 1. The lowest BCUT2D eigenvalue weighted by Crippen LogP contribution is -2.28. The summed E-state index contributed by atoms with van der Waals surface area (Å²) in [5.74, 6) is 0.443. The van der Waals surface area contributed by atoms with Crippen molar-refractivity contribution in [3.63, 3.8) is 0 Å². The van der Waals surface area contributed by atoms with Crippen LogP contribution in [0.25, 0.3) is 0 Å². The summed E-state index contributed by atoms with van der Waals surface area (Å²) in [6.07, 6.45) is 1.25. The van der Waals surface area contributed by atoms with Gasteiger partial charge in [0.1, 0.15) is 0 Å². The molecule has 2 aromatic rings. The molecule has 1 saturated heterocycles. The van der Waals surface area contributed by atoms with Crippen molar-refractivity contribution in [2.75, 3.05) is 38.5 Å². The number of guanidine groups is 1. The molecule has 2 aromatic carbocycles. The Morgan fingerprint density at radius 3 is 2.59 bits per heavy atom. The van der Waals surface area contributed by atoms with E-state index in [0.717, 1.165) is 25.3 Å². The van der Waals surface area contributed by atoms with Gasteiger partial charge in [-0.15, -0.1) is 0 Å². The quantitative estimate of drug-likeness (QED) is 0.632. The van der Waals surface area contributed by atoms with Gasteiger partial charge in [0, 0.05) is 25.3 Å². The molecule has 3 N–H and O–H groups in total. The van der Waals surface area contributed by atoms with Gasteiger partial charge in [0.15, 0.2) is 5.96 Å². The zero-order valence-electron chi connectivity index (χ0n) is 16.5. The maximum absolute atomic E-state index is 6.01. The molecule has 1 aliphatic heterocycles. The summed E-state index contributed by atoms with van der Waals surface area (Å²) in [6, 6.07) is 16.8. The van der Waals surface area contributed by atoms with Gasteiger partial charge in [-0.3, -0.25) is 4.90 Å².